The number of hydrogen-bond acceptors (Lipinski definition) is 4. The SMILES string of the molecule is COC(=O)CC[N]CCC(=O)OC. The van der Waals surface area contributed by atoms with Crippen LogP contribution in [0.4, 0.5) is 0 Å². The summed E-state index contributed by atoms with van der Waals surface area (Å²) in [6.45, 7) is 0.785. The zero-order valence-electron chi connectivity index (χ0n) is 7.91. The minimum Gasteiger partial charge on any atom is -0.469 e. The highest BCUT2D eigenvalue weighted by Crippen LogP contribution is 1.85. The first-order chi connectivity index (χ1) is 6.20. The molecule has 0 saturated heterocycles. The lowest BCUT2D eigenvalue weighted by atomic mass is 10.4. The maximum absolute atomic E-state index is 10.6. The van der Waals surface area contributed by atoms with Crippen molar-refractivity contribution in [1.29, 1.82) is 0 Å². The molecule has 0 aliphatic carbocycles. The molecule has 0 aromatic carbocycles. The van der Waals surface area contributed by atoms with Gasteiger partial charge in [0, 0.05) is 13.1 Å². The molecule has 0 heterocycles. The molecule has 5 heteroatoms. The molecule has 0 unspecified atom stereocenters. The van der Waals surface area contributed by atoms with Crippen LogP contribution in [0.2, 0.25) is 0 Å². The largest absolute Gasteiger partial charge is 0.469 e. The van der Waals surface area contributed by atoms with Crippen molar-refractivity contribution < 1.29 is 19.1 Å². The van der Waals surface area contributed by atoms with Crippen molar-refractivity contribution in [3.8, 4) is 0 Å². The van der Waals surface area contributed by atoms with Crippen molar-refractivity contribution >= 4 is 11.9 Å². The Morgan fingerprint density at radius 2 is 1.38 bits per heavy atom. The molecule has 0 saturated carbocycles. The first kappa shape index (κ1) is 11.9. The van der Waals surface area contributed by atoms with Gasteiger partial charge in [0.15, 0.2) is 0 Å². The zero-order chi connectivity index (χ0) is 10.1. The minimum atomic E-state index is -0.290. The molecular formula is C8H14NO4. The molecule has 0 N–H and O–H groups in total. The lowest BCUT2D eigenvalue weighted by Crippen LogP contribution is -2.16. The quantitative estimate of drug-likeness (QED) is 0.424. The monoisotopic (exact) mass is 188 g/mol. The van der Waals surface area contributed by atoms with E-state index in [1.165, 1.54) is 14.2 Å². The number of methoxy groups -OCH3 is 2. The first-order valence-electron chi connectivity index (χ1n) is 3.97. The third-order valence-corrected chi connectivity index (χ3v) is 1.40. The number of rotatable bonds is 6. The second-order valence-electron chi connectivity index (χ2n) is 2.32. The van der Waals surface area contributed by atoms with Gasteiger partial charge in [0.05, 0.1) is 27.1 Å². The van der Waals surface area contributed by atoms with Gasteiger partial charge in [-0.25, -0.2) is 5.32 Å². The Bertz CT molecular complexity index is 152. The predicted octanol–water partition coefficient (Wildman–Crippen LogP) is -0.283. The summed E-state index contributed by atoms with van der Waals surface area (Å²) in [6.07, 6.45) is 0.523. The van der Waals surface area contributed by atoms with Gasteiger partial charge in [0.25, 0.3) is 0 Å². The van der Waals surface area contributed by atoms with Gasteiger partial charge in [0.1, 0.15) is 0 Å². The van der Waals surface area contributed by atoms with Gasteiger partial charge in [-0.1, -0.05) is 0 Å². The zero-order valence-corrected chi connectivity index (χ0v) is 7.91. The van der Waals surface area contributed by atoms with Crippen LogP contribution in [0.25, 0.3) is 0 Å². The molecule has 0 atom stereocenters. The van der Waals surface area contributed by atoms with Gasteiger partial charge in [-0.15, -0.1) is 0 Å². The van der Waals surface area contributed by atoms with E-state index in [0.29, 0.717) is 13.1 Å². The van der Waals surface area contributed by atoms with E-state index in [1.807, 2.05) is 0 Å². The van der Waals surface area contributed by atoms with Crippen molar-refractivity contribution in [2.45, 2.75) is 12.8 Å². The third-order valence-electron chi connectivity index (χ3n) is 1.40. The Balaban J connectivity index is 3.17. The van der Waals surface area contributed by atoms with E-state index in [9.17, 15) is 9.59 Å². The first-order valence-corrected chi connectivity index (χ1v) is 3.97. The van der Waals surface area contributed by atoms with Crippen LogP contribution in [0, 0.1) is 0 Å². The maximum atomic E-state index is 10.6. The predicted molar refractivity (Wildman–Crippen MR) is 45.1 cm³/mol. The van der Waals surface area contributed by atoms with Crippen molar-refractivity contribution in [1.82, 2.24) is 5.32 Å². The molecule has 0 aliphatic heterocycles. The van der Waals surface area contributed by atoms with E-state index in [0.717, 1.165) is 0 Å². The molecule has 0 spiro atoms. The molecule has 0 amide bonds. The molecule has 1 radical (unpaired) electrons. The van der Waals surface area contributed by atoms with Crippen LogP contribution in [0.15, 0.2) is 0 Å². The number of ether oxygens (including phenoxy) is 2. The molecule has 0 fully saturated rings. The molecule has 5 nitrogen and oxygen atoms in total. The fourth-order valence-electron chi connectivity index (χ4n) is 0.657. The smallest absolute Gasteiger partial charge is 0.306 e. The Labute approximate surface area is 77.4 Å². The standard InChI is InChI=1S/C8H14NO4/c1-12-7(10)3-5-9-6-4-8(11)13-2/h3-6H2,1-2H3. The van der Waals surface area contributed by atoms with Gasteiger partial charge >= 0.3 is 11.9 Å². The Morgan fingerprint density at radius 1 is 1.00 bits per heavy atom. The summed E-state index contributed by atoms with van der Waals surface area (Å²) in [4.78, 5) is 21.2. The highest BCUT2D eigenvalue weighted by Gasteiger charge is 2.01. The molecular weight excluding hydrogens is 174 g/mol. The Morgan fingerprint density at radius 3 is 1.69 bits per heavy atom. The highest BCUT2D eigenvalue weighted by atomic mass is 16.5. The summed E-state index contributed by atoms with van der Waals surface area (Å²) < 4.78 is 8.82. The van der Waals surface area contributed by atoms with Crippen molar-refractivity contribution in [2.24, 2.45) is 0 Å². The van der Waals surface area contributed by atoms with Gasteiger partial charge in [-0.05, 0) is 0 Å². The summed E-state index contributed by atoms with van der Waals surface area (Å²) in [5.41, 5.74) is 0. The summed E-state index contributed by atoms with van der Waals surface area (Å²) in [6, 6.07) is 0. The third kappa shape index (κ3) is 7.27. The van der Waals surface area contributed by atoms with E-state index in [-0.39, 0.29) is 24.8 Å². The van der Waals surface area contributed by atoms with Gasteiger partial charge in [-0.2, -0.15) is 0 Å². The van der Waals surface area contributed by atoms with Gasteiger partial charge in [0.2, 0.25) is 0 Å². The van der Waals surface area contributed by atoms with Gasteiger partial charge < -0.3 is 9.47 Å². The number of carbonyl (C=O) groups excluding carboxylic acids is 2. The van der Waals surface area contributed by atoms with Crippen LogP contribution in [0.3, 0.4) is 0 Å². The molecule has 0 aliphatic rings. The molecule has 0 aromatic heterocycles. The molecule has 0 bridgehead atoms. The minimum absolute atomic E-state index is 0.262. The highest BCUT2D eigenvalue weighted by molar-refractivity contribution is 5.69. The van der Waals surface area contributed by atoms with Crippen molar-refractivity contribution in [3.63, 3.8) is 0 Å². The molecule has 0 aromatic rings. The number of hydrogen-bond donors (Lipinski definition) is 0. The van der Waals surface area contributed by atoms with Crippen LogP contribution < -0.4 is 5.32 Å². The fraction of sp³-hybridized carbons (Fsp3) is 0.750. The average Bonchev–Trinajstić information content (AvgIpc) is 2.16. The molecule has 75 valence electrons. The summed E-state index contributed by atoms with van der Waals surface area (Å²) in [5, 5.41) is 3.95. The number of esters is 2. The van der Waals surface area contributed by atoms with Crippen LogP contribution in [-0.2, 0) is 19.1 Å². The second kappa shape index (κ2) is 7.54. The topological polar surface area (TPSA) is 66.7 Å². The van der Waals surface area contributed by atoms with Crippen LogP contribution in [0.5, 0.6) is 0 Å². The maximum Gasteiger partial charge on any atom is 0.306 e. The van der Waals surface area contributed by atoms with E-state index >= 15 is 0 Å². The normalized spacial score (nSPS) is 9.38. The summed E-state index contributed by atoms with van der Waals surface area (Å²) in [5.74, 6) is -0.580. The van der Waals surface area contributed by atoms with Crippen molar-refractivity contribution in [3.05, 3.63) is 0 Å². The molecule has 0 rings (SSSR count). The second-order valence-corrected chi connectivity index (χ2v) is 2.32. The fourth-order valence-corrected chi connectivity index (χ4v) is 0.657. The van der Waals surface area contributed by atoms with E-state index in [2.05, 4.69) is 14.8 Å². The van der Waals surface area contributed by atoms with Crippen molar-refractivity contribution in [2.75, 3.05) is 27.3 Å². The van der Waals surface area contributed by atoms with Crippen LogP contribution in [0.1, 0.15) is 12.8 Å². The average molecular weight is 188 g/mol. The lowest BCUT2D eigenvalue weighted by Gasteiger charge is -2.00. The number of carbonyl (C=O) groups is 2. The van der Waals surface area contributed by atoms with E-state index in [1.54, 1.807) is 0 Å². The van der Waals surface area contributed by atoms with Crippen LogP contribution in [-0.4, -0.2) is 39.2 Å². The Hall–Kier alpha value is -1.10. The number of nitrogens with zero attached hydrogens (tertiary/aromatic N) is 1. The van der Waals surface area contributed by atoms with Gasteiger partial charge in [-0.3, -0.25) is 9.59 Å². The summed E-state index contributed by atoms with van der Waals surface area (Å²) >= 11 is 0. The Kier molecular flexibility index (Phi) is 6.91. The molecule has 13 heavy (non-hydrogen) atoms. The van der Waals surface area contributed by atoms with E-state index in [4.69, 9.17) is 0 Å². The summed E-state index contributed by atoms with van der Waals surface area (Å²) in [7, 11) is 2.66. The lowest BCUT2D eigenvalue weighted by molar-refractivity contribution is -0.140. The van der Waals surface area contributed by atoms with Crippen LogP contribution >= 0.6 is 0 Å². The van der Waals surface area contributed by atoms with E-state index < -0.39 is 0 Å².